The van der Waals surface area contributed by atoms with Gasteiger partial charge in [-0.2, -0.15) is 5.10 Å². The highest BCUT2D eigenvalue weighted by molar-refractivity contribution is 7.97. The highest BCUT2D eigenvalue weighted by Crippen LogP contribution is 2.31. The molecule has 5 rings (SSSR count). The molecule has 0 saturated carbocycles. The number of sulfonamides is 1. The molecular formula is C19H18N8O2S3. The van der Waals surface area contributed by atoms with E-state index in [0.717, 1.165) is 39.4 Å². The minimum absolute atomic E-state index is 0.178. The molecular weight excluding hydrogens is 468 g/mol. The largest absolute Gasteiger partial charge is 0.323 e. The summed E-state index contributed by atoms with van der Waals surface area (Å²) in [5.41, 5.74) is 2.94. The number of aromatic amines is 1. The fourth-order valence-corrected chi connectivity index (χ4v) is 5.80. The smallest absolute Gasteiger partial charge is 0.273 e. The molecule has 0 aliphatic carbocycles. The van der Waals surface area contributed by atoms with Gasteiger partial charge in [-0.1, -0.05) is 0 Å². The molecule has 0 spiro atoms. The molecule has 0 fully saturated rings. The molecule has 0 saturated heterocycles. The monoisotopic (exact) mass is 486 g/mol. The average Bonchev–Trinajstić information content (AvgIpc) is 3.51. The highest BCUT2D eigenvalue weighted by Gasteiger charge is 2.20. The maximum Gasteiger partial charge on any atom is 0.273 e. The summed E-state index contributed by atoms with van der Waals surface area (Å²) in [7, 11) is -3.62. The Bertz CT molecular complexity index is 1360. The third-order valence-electron chi connectivity index (χ3n) is 4.51. The Morgan fingerprint density at radius 3 is 2.81 bits per heavy atom. The third kappa shape index (κ3) is 4.35. The van der Waals surface area contributed by atoms with Crippen molar-refractivity contribution in [1.29, 1.82) is 0 Å². The molecule has 164 valence electrons. The number of aryl methyl sites for hydroxylation is 1. The molecule has 32 heavy (non-hydrogen) atoms. The van der Waals surface area contributed by atoms with Crippen LogP contribution >= 0.6 is 23.3 Å². The number of thiazole rings is 1. The van der Waals surface area contributed by atoms with Crippen molar-refractivity contribution in [1.82, 2.24) is 29.0 Å². The van der Waals surface area contributed by atoms with E-state index in [1.54, 1.807) is 18.3 Å². The van der Waals surface area contributed by atoms with E-state index in [1.165, 1.54) is 23.7 Å². The molecule has 0 unspecified atom stereocenters. The normalized spacial score (nSPS) is 13.5. The molecule has 0 bridgehead atoms. The fourth-order valence-electron chi connectivity index (χ4n) is 3.08. The zero-order valence-electron chi connectivity index (χ0n) is 16.8. The average molecular weight is 487 g/mol. The second kappa shape index (κ2) is 8.33. The van der Waals surface area contributed by atoms with Crippen LogP contribution in [-0.2, 0) is 16.6 Å². The van der Waals surface area contributed by atoms with Crippen LogP contribution in [0.15, 0.2) is 69.7 Å². The Morgan fingerprint density at radius 1 is 1.25 bits per heavy atom. The number of rotatable bonds is 7. The van der Waals surface area contributed by atoms with Crippen molar-refractivity contribution < 1.29 is 8.42 Å². The van der Waals surface area contributed by atoms with E-state index in [9.17, 15) is 8.42 Å². The van der Waals surface area contributed by atoms with Crippen LogP contribution < -0.4 is 10.0 Å². The maximum atomic E-state index is 12.4. The summed E-state index contributed by atoms with van der Waals surface area (Å²) in [6.45, 7) is 2.56. The Kier molecular flexibility index (Phi) is 5.36. The van der Waals surface area contributed by atoms with Crippen molar-refractivity contribution >= 4 is 50.6 Å². The molecule has 1 aliphatic heterocycles. The lowest BCUT2D eigenvalue weighted by Crippen LogP contribution is -2.23. The highest BCUT2D eigenvalue weighted by atomic mass is 32.2. The number of imidazole rings is 1. The molecule has 4 heterocycles. The number of hydrogen-bond acceptors (Lipinski definition) is 9. The summed E-state index contributed by atoms with van der Waals surface area (Å²) in [5.74, 6) is 2.44. The third-order valence-corrected chi connectivity index (χ3v) is 8.11. The molecule has 0 radical (unpaired) electrons. The maximum absolute atomic E-state index is 12.4. The van der Waals surface area contributed by atoms with E-state index in [1.807, 2.05) is 42.1 Å². The van der Waals surface area contributed by atoms with Gasteiger partial charge in [-0.25, -0.2) is 13.4 Å². The van der Waals surface area contributed by atoms with Crippen LogP contribution in [0.4, 0.5) is 11.5 Å². The lowest BCUT2D eigenvalue weighted by Gasteiger charge is -2.26. The summed E-state index contributed by atoms with van der Waals surface area (Å²) in [5, 5.41) is 10.5. The number of nitrogens with zero attached hydrogens (tertiary/aromatic N) is 5. The van der Waals surface area contributed by atoms with Gasteiger partial charge in [0, 0.05) is 34.7 Å². The van der Waals surface area contributed by atoms with E-state index >= 15 is 0 Å². The zero-order chi connectivity index (χ0) is 22.1. The number of H-pyrrole nitrogens is 1. The first-order chi connectivity index (χ1) is 15.5. The van der Waals surface area contributed by atoms with Crippen LogP contribution in [0.2, 0.25) is 0 Å². The van der Waals surface area contributed by atoms with Crippen molar-refractivity contribution in [2.24, 2.45) is 0 Å². The van der Waals surface area contributed by atoms with Crippen molar-refractivity contribution in [3.63, 3.8) is 0 Å². The van der Waals surface area contributed by atoms with Crippen LogP contribution in [0.25, 0.3) is 5.82 Å². The van der Waals surface area contributed by atoms with E-state index in [-0.39, 0.29) is 4.21 Å². The van der Waals surface area contributed by atoms with Gasteiger partial charge in [-0.15, -0.1) is 11.3 Å². The number of hydrogen-bond donors (Lipinski definition) is 3. The summed E-state index contributed by atoms with van der Waals surface area (Å²) >= 11 is 2.60. The lowest BCUT2D eigenvalue weighted by molar-refractivity contribution is 0.562. The van der Waals surface area contributed by atoms with Crippen molar-refractivity contribution in [3.05, 3.63) is 72.2 Å². The van der Waals surface area contributed by atoms with Crippen molar-refractivity contribution in [2.45, 2.75) is 22.6 Å². The first-order valence-corrected chi connectivity index (χ1v) is 12.6. The number of aromatic nitrogens is 5. The van der Waals surface area contributed by atoms with Gasteiger partial charge in [0.05, 0.1) is 24.5 Å². The van der Waals surface area contributed by atoms with Crippen molar-refractivity contribution in [2.75, 3.05) is 10.0 Å². The molecule has 1 aliphatic rings. The van der Waals surface area contributed by atoms with Gasteiger partial charge in [0.1, 0.15) is 11.6 Å². The van der Waals surface area contributed by atoms with Gasteiger partial charge in [0.15, 0.2) is 10.0 Å². The second-order valence-electron chi connectivity index (χ2n) is 6.91. The van der Waals surface area contributed by atoms with E-state index in [2.05, 4.69) is 34.5 Å². The Balaban J connectivity index is 1.30. The van der Waals surface area contributed by atoms with Gasteiger partial charge in [-0.3, -0.25) is 19.4 Å². The van der Waals surface area contributed by atoms with Gasteiger partial charge in [-0.05, 0) is 43.1 Å². The second-order valence-corrected chi connectivity index (χ2v) is 10.8. The SMILES string of the molecule is Cc1cc(NC2=CN(Sc3ccc(NS(=O)(=O)c4cncs4)cc3)Cc3nccn32)n[nH]1. The molecule has 1 aromatic carbocycles. The first-order valence-electron chi connectivity index (χ1n) is 9.46. The predicted octanol–water partition coefficient (Wildman–Crippen LogP) is 3.56. The summed E-state index contributed by atoms with van der Waals surface area (Å²) in [6, 6.07) is 9.14. The number of benzene rings is 1. The van der Waals surface area contributed by atoms with E-state index < -0.39 is 10.0 Å². The number of fused-ring (bicyclic) bond motifs is 1. The standard InChI is InChI=1S/C19H18N8O2S3/c1-13-8-16(24-23-13)22-18-11-26(10-17-21-6-7-27(17)18)31-15-4-2-14(3-5-15)25-32(28,29)19-9-20-12-30-19/h2-9,11-12,25H,10H2,1H3,(H2,22,23,24). The molecule has 3 N–H and O–H groups in total. The molecule has 10 nitrogen and oxygen atoms in total. The van der Waals surface area contributed by atoms with Crippen LogP contribution in [0.5, 0.6) is 0 Å². The van der Waals surface area contributed by atoms with Crippen LogP contribution in [0.3, 0.4) is 0 Å². The Hall–Kier alpha value is -3.29. The fraction of sp³-hybridized carbons (Fsp3) is 0.105. The Labute approximate surface area is 192 Å². The Morgan fingerprint density at radius 2 is 2.09 bits per heavy atom. The summed E-state index contributed by atoms with van der Waals surface area (Å²) in [4.78, 5) is 9.22. The quantitative estimate of drug-likeness (QED) is 0.339. The van der Waals surface area contributed by atoms with Crippen molar-refractivity contribution in [3.8, 4) is 0 Å². The van der Waals surface area contributed by atoms with Crippen LogP contribution in [0.1, 0.15) is 11.5 Å². The van der Waals surface area contributed by atoms with Gasteiger partial charge in [0.25, 0.3) is 10.0 Å². The summed E-state index contributed by atoms with van der Waals surface area (Å²) < 4.78 is 31.5. The number of nitrogens with one attached hydrogen (secondary N) is 3. The van der Waals surface area contributed by atoms with E-state index in [0.29, 0.717) is 12.2 Å². The predicted molar refractivity (Wildman–Crippen MR) is 124 cm³/mol. The van der Waals surface area contributed by atoms with Crippen LogP contribution in [-0.4, -0.2) is 37.5 Å². The van der Waals surface area contributed by atoms with Gasteiger partial charge < -0.3 is 9.62 Å². The lowest BCUT2D eigenvalue weighted by atomic mass is 10.3. The first kappa shape index (κ1) is 20.6. The summed E-state index contributed by atoms with van der Waals surface area (Å²) in [6.07, 6.45) is 6.99. The van der Waals surface area contributed by atoms with E-state index in [4.69, 9.17) is 0 Å². The molecule has 0 atom stereocenters. The van der Waals surface area contributed by atoms with Gasteiger partial charge in [0.2, 0.25) is 0 Å². The molecule has 0 amide bonds. The van der Waals surface area contributed by atoms with Gasteiger partial charge >= 0.3 is 0 Å². The molecule has 3 aromatic heterocycles. The minimum atomic E-state index is -3.62. The topological polar surface area (TPSA) is 121 Å². The molecule has 13 heteroatoms. The minimum Gasteiger partial charge on any atom is -0.323 e. The number of anilines is 2. The van der Waals surface area contributed by atoms with Crippen LogP contribution in [0, 0.1) is 6.92 Å². The zero-order valence-corrected chi connectivity index (χ0v) is 19.2. The molecule has 4 aromatic rings.